The van der Waals surface area contributed by atoms with Gasteiger partial charge in [0.05, 0.1) is 5.52 Å². The summed E-state index contributed by atoms with van der Waals surface area (Å²) in [5, 5.41) is 12.5. The van der Waals surface area contributed by atoms with Crippen LogP contribution in [-0.2, 0) is 10.0 Å². The first-order valence-electron chi connectivity index (χ1n) is 10.2. The normalized spacial score (nSPS) is 15.1. The second-order valence-electron chi connectivity index (χ2n) is 7.36. The van der Waals surface area contributed by atoms with Crippen LogP contribution in [-0.4, -0.2) is 59.1 Å². The minimum atomic E-state index is -3.64. The molecule has 32 heavy (non-hydrogen) atoms. The Morgan fingerprint density at radius 2 is 1.59 bits per heavy atom. The number of aromatic nitrogens is 4. The zero-order valence-corrected chi connectivity index (χ0v) is 18.0. The summed E-state index contributed by atoms with van der Waals surface area (Å²) in [6.45, 7) is 1.79. The lowest BCUT2D eigenvalue weighted by Gasteiger charge is -2.34. The van der Waals surface area contributed by atoms with Crippen molar-refractivity contribution in [2.24, 2.45) is 0 Å². The van der Waals surface area contributed by atoms with Crippen molar-refractivity contribution in [1.29, 1.82) is 0 Å². The lowest BCUT2D eigenvalue weighted by Crippen LogP contribution is -2.49. The molecule has 4 aromatic rings. The molecule has 0 saturated carbocycles. The Balaban J connectivity index is 1.27. The molecule has 1 aromatic carbocycles. The lowest BCUT2D eigenvalue weighted by molar-refractivity contribution is 0.384. The second kappa shape index (κ2) is 8.48. The van der Waals surface area contributed by atoms with E-state index in [2.05, 4.69) is 25.5 Å². The first-order valence-corrected chi connectivity index (χ1v) is 11.6. The highest BCUT2D eigenvalue weighted by Gasteiger charge is 2.30. The highest BCUT2D eigenvalue weighted by Crippen LogP contribution is 2.25. The number of piperazine rings is 1. The number of anilines is 3. The van der Waals surface area contributed by atoms with Crippen molar-refractivity contribution in [2.75, 3.05) is 36.4 Å². The summed E-state index contributed by atoms with van der Waals surface area (Å²) in [6, 6.07) is 16.3. The molecule has 4 heterocycles. The predicted octanol–water partition coefficient (Wildman–Crippen LogP) is 2.67. The molecule has 0 spiro atoms. The molecule has 9 nitrogen and oxygen atoms in total. The van der Waals surface area contributed by atoms with Gasteiger partial charge in [0, 0.05) is 55.8 Å². The average Bonchev–Trinajstić information content (AvgIpc) is 2.85. The topological polar surface area (TPSA) is 104 Å². The Hall–Kier alpha value is -3.63. The summed E-state index contributed by atoms with van der Waals surface area (Å²) in [4.78, 5) is 10.6. The van der Waals surface area contributed by atoms with Crippen molar-refractivity contribution < 1.29 is 8.42 Å². The maximum Gasteiger partial charge on any atom is 0.245 e. The molecule has 0 bridgehead atoms. The van der Waals surface area contributed by atoms with Crippen LogP contribution in [0.4, 0.5) is 17.3 Å². The maximum atomic E-state index is 13.3. The van der Waals surface area contributed by atoms with Gasteiger partial charge in [0.15, 0.2) is 11.6 Å². The third-order valence-corrected chi connectivity index (χ3v) is 7.31. The number of benzene rings is 1. The third kappa shape index (κ3) is 3.97. The number of fused-ring (bicyclic) bond motifs is 1. The zero-order chi connectivity index (χ0) is 22.0. The molecule has 0 radical (unpaired) electrons. The first kappa shape index (κ1) is 20.3. The van der Waals surface area contributed by atoms with Crippen LogP contribution in [0.1, 0.15) is 0 Å². The van der Waals surface area contributed by atoms with Gasteiger partial charge in [-0.3, -0.25) is 9.97 Å². The van der Waals surface area contributed by atoms with E-state index in [9.17, 15) is 8.42 Å². The SMILES string of the molecule is O=S(=O)(c1cccc2cccnc12)N1CCN(c2ccc(Nc3ccncc3)nn2)CC1. The fourth-order valence-electron chi connectivity index (χ4n) is 3.72. The van der Waals surface area contributed by atoms with Gasteiger partial charge in [-0.25, -0.2) is 8.42 Å². The number of nitrogens with zero attached hydrogens (tertiary/aromatic N) is 6. The molecule has 1 fully saturated rings. The smallest absolute Gasteiger partial charge is 0.245 e. The highest BCUT2D eigenvalue weighted by molar-refractivity contribution is 7.89. The van der Waals surface area contributed by atoms with Gasteiger partial charge in [-0.15, -0.1) is 10.2 Å². The van der Waals surface area contributed by atoms with Gasteiger partial charge in [-0.05, 0) is 36.4 Å². The Kier molecular flexibility index (Phi) is 5.38. The zero-order valence-electron chi connectivity index (χ0n) is 17.2. The summed E-state index contributed by atoms with van der Waals surface area (Å²) < 4.78 is 28.1. The average molecular weight is 448 g/mol. The first-order chi connectivity index (χ1) is 15.6. The van der Waals surface area contributed by atoms with Crippen molar-refractivity contribution in [3.63, 3.8) is 0 Å². The fourth-order valence-corrected chi connectivity index (χ4v) is 5.31. The van der Waals surface area contributed by atoms with Crippen molar-refractivity contribution in [2.45, 2.75) is 4.90 Å². The van der Waals surface area contributed by atoms with Gasteiger partial charge in [-0.2, -0.15) is 4.31 Å². The fraction of sp³-hybridized carbons (Fsp3) is 0.182. The molecule has 1 N–H and O–H groups in total. The van der Waals surface area contributed by atoms with Crippen molar-refractivity contribution in [3.05, 3.63) is 73.2 Å². The monoisotopic (exact) mass is 447 g/mol. The summed E-state index contributed by atoms with van der Waals surface area (Å²) in [7, 11) is -3.64. The van der Waals surface area contributed by atoms with Gasteiger partial charge in [-0.1, -0.05) is 18.2 Å². The van der Waals surface area contributed by atoms with Crippen LogP contribution in [0.3, 0.4) is 0 Å². The van der Waals surface area contributed by atoms with Crippen molar-refractivity contribution in [1.82, 2.24) is 24.5 Å². The number of sulfonamides is 1. The lowest BCUT2D eigenvalue weighted by atomic mass is 10.2. The van der Waals surface area contributed by atoms with Gasteiger partial charge < -0.3 is 10.2 Å². The van der Waals surface area contributed by atoms with Crippen LogP contribution in [0.25, 0.3) is 10.9 Å². The van der Waals surface area contributed by atoms with Crippen LogP contribution < -0.4 is 10.2 Å². The number of pyridine rings is 2. The van der Waals surface area contributed by atoms with Gasteiger partial charge in [0.1, 0.15) is 4.90 Å². The molecule has 0 aliphatic carbocycles. The molecule has 1 saturated heterocycles. The minimum absolute atomic E-state index is 0.246. The number of para-hydroxylation sites is 1. The molecule has 0 amide bonds. The number of nitrogens with one attached hydrogen (secondary N) is 1. The largest absolute Gasteiger partial charge is 0.352 e. The van der Waals surface area contributed by atoms with Gasteiger partial charge in [0.25, 0.3) is 0 Å². The second-order valence-corrected chi connectivity index (χ2v) is 9.27. The van der Waals surface area contributed by atoms with Gasteiger partial charge in [0.2, 0.25) is 10.0 Å². The Morgan fingerprint density at radius 1 is 0.812 bits per heavy atom. The highest BCUT2D eigenvalue weighted by atomic mass is 32.2. The Bertz CT molecular complexity index is 1320. The van der Waals surface area contributed by atoms with Crippen molar-refractivity contribution >= 4 is 38.2 Å². The molecule has 5 rings (SSSR count). The predicted molar refractivity (Wildman–Crippen MR) is 122 cm³/mol. The third-order valence-electron chi connectivity index (χ3n) is 5.38. The van der Waals surface area contributed by atoms with Crippen LogP contribution >= 0.6 is 0 Å². The van der Waals surface area contributed by atoms with E-state index in [1.54, 1.807) is 36.8 Å². The van der Waals surface area contributed by atoms with E-state index in [1.807, 2.05) is 41.3 Å². The number of hydrogen-bond donors (Lipinski definition) is 1. The van der Waals surface area contributed by atoms with E-state index in [1.165, 1.54) is 4.31 Å². The molecule has 162 valence electrons. The molecule has 1 aliphatic heterocycles. The minimum Gasteiger partial charge on any atom is -0.352 e. The summed E-state index contributed by atoms with van der Waals surface area (Å²) in [5.41, 5.74) is 1.38. The van der Waals surface area contributed by atoms with Crippen molar-refractivity contribution in [3.8, 4) is 0 Å². The van der Waals surface area contributed by atoms with Crippen LogP contribution in [0.5, 0.6) is 0 Å². The Morgan fingerprint density at radius 3 is 2.34 bits per heavy atom. The molecule has 1 aliphatic rings. The number of hydrogen-bond acceptors (Lipinski definition) is 8. The van der Waals surface area contributed by atoms with Crippen LogP contribution in [0.15, 0.2) is 78.1 Å². The van der Waals surface area contributed by atoms with E-state index >= 15 is 0 Å². The standard InChI is InChI=1S/C22H21N7O2S/c30-32(31,19-5-1-3-17-4-2-10-24-22(17)19)29-15-13-28(14-16-29)21-7-6-20(26-27-21)25-18-8-11-23-12-9-18/h1-12H,13-16H2,(H,23,25,26). The Labute approximate surface area is 185 Å². The number of rotatable bonds is 5. The molecular formula is C22H21N7O2S. The van der Waals surface area contributed by atoms with Gasteiger partial charge >= 0.3 is 0 Å². The summed E-state index contributed by atoms with van der Waals surface area (Å²) in [6.07, 6.45) is 5.02. The maximum absolute atomic E-state index is 13.3. The van der Waals surface area contributed by atoms with Crippen LogP contribution in [0, 0.1) is 0 Å². The molecule has 3 aromatic heterocycles. The summed E-state index contributed by atoms with van der Waals surface area (Å²) >= 11 is 0. The molecule has 10 heteroatoms. The molecular weight excluding hydrogens is 426 g/mol. The van der Waals surface area contributed by atoms with E-state index in [-0.39, 0.29) is 4.90 Å². The van der Waals surface area contributed by atoms with E-state index < -0.39 is 10.0 Å². The van der Waals surface area contributed by atoms with E-state index in [0.29, 0.717) is 43.3 Å². The van der Waals surface area contributed by atoms with Crippen LogP contribution in [0.2, 0.25) is 0 Å². The van der Waals surface area contributed by atoms with E-state index in [4.69, 9.17) is 0 Å². The molecule has 0 atom stereocenters. The molecule has 0 unspecified atom stereocenters. The van der Waals surface area contributed by atoms with E-state index in [0.717, 1.165) is 11.1 Å². The quantitative estimate of drug-likeness (QED) is 0.498. The summed E-state index contributed by atoms with van der Waals surface area (Å²) in [5.74, 6) is 1.35.